The molecule has 0 saturated carbocycles. The van der Waals surface area contributed by atoms with Gasteiger partial charge in [-0.3, -0.25) is 0 Å². The molecule has 23 heavy (non-hydrogen) atoms. The monoisotopic (exact) mass is 306 g/mol. The first-order valence-corrected chi connectivity index (χ1v) is 6.82. The summed E-state index contributed by atoms with van der Waals surface area (Å²) in [6.07, 6.45) is 2.82. The third-order valence-corrected chi connectivity index (χ3v) is 3.49. The number of carbonyl (C=O) groups is 1. The molecule has 3 aromatic rings. The summed E-state index contributed by atoms with van der Waals surface area (Å²) in [5, 5.41) is 18.2. The molecule has 0 atom stereocenters. The minimum Gasteiger partial charge on any atom is -0.477 e. The van der Waals surface area contributed by atoms with Crippen molar-refractivity contribution in [1.82, 2.24) is 4.57 Å². The number of aliphatic carboxylic acids is 1. The summed E-state index contributed by atoms with van der Waals surface area (Å²) >= 11 is 0. The second kappa shape index (κ2) is 5.78. The van der Waals surface area contributed by atoms with Crippen LogP contribution < -0.4 is 0 Å². The molecule has 0 radical (unpaired) electrons. The van der Waals surface area contributed by atoms with Crippen molar-refractivity contribution in [2.75, 3.05) is 0 Å². The molecule has 0 aliphatic rings. The zero-order chi connectivity index (χ0) is 16.4. The highest BCUT2D eigenvalue weighted by molar-refractivity contribution is 6.00. The normalized spacial score (nSPS) is 11.4. The van der Waals surface area contributed by atoms with E-state index in [1.807, 2.05) is 30.3 Å². The van der Waals surface area contributed by atoms with E-state index in [0.717, 1.165) is 5.69 Å². The molecule has 112 valence electrons. The molecule has 0 spiro atoms. The number of carboxylic acids is 1. The molecule has 0 unspecified atom stereocenters. The van der Waals surface area contributed by atoms with Gasteiger partial charge in [0, 0.05) is 22.8 Å². The number of hydrogen-bond acceptors (Lipinski definition) is 2. The molecule has 1 N–H and O–H groups in total. The predicted octanol–water partition coefficient (Wildman–Crippen LogP) is 3.76. The average Bonchev–Trinajstić information content (AvgIpc) is 2.93. The summed E-state index contributed by atoms with van der Waals surface area (Å²) in [5.74, 6) is -1.81. The van der Waals surface area contributed by atoms with Gasteiger partial charge in [-0.25, -0.2) is 9.18 Å². The van der Waals surface area contributed by atoms with E-state index in [1.165, 1.54) is 12.1 Å². The first-order valence-electron chi connectivity index (χ1n) is 6.82. The average molecular weight is 306 g/mol. The Balaban J connectivity index is 2.32. The Labute approximate surface area is 131 Å². The molecule has 0 bridgehead atoms. The number of carboxylic acid groups (broad SMARTS) is 1. The number of rotatable bonds is 3. The SMILES string of the molecule is N#C/C(=C\c1cn(-c2ccccc2)c2cccc(F)c12)C(=O)O. The number of hydrogen-bond donors (Lipinski definition) is 1. The van der Waals surface area contributed by atoms with Crippen LogP contribution in [0.15, 0.2) is 60.3 Å². The van der Waals surface area contributed by atoms with Gasteiger partial charge in [0.15, 0.2) is 0 Å². The molecule has 0 amide bonds. The van der Waals surface area contributed by atoms with Crippen LogP contribution >= 0.6 is 0 Å². The maximum absolute atomic E-state index is 14.3. The first-order chi connectivity index (χ1) is 11.1. The summed E-state index contributed by atoms with van der Waals surface area (Å²) < 4.78 is 16.0. The lowest BCUT2D eigenvalue weighted by atomic mass is 10.1. The Morgan fingerprint density at radius 1 is 1.17 bits per heavy atom. The number of benzene rings is 2. The fraction of sp³-hybridized carbons (Fsp3) is 0. The van der Waals surface area contributed by atoms with Crippen LogP contribution in [0.3, 0.4) is 0 Å². The molecule has 5 heteroatoms. The molecule has 1 heterocycles. The van der Waals surface area contributed by atoms with E-state index >= 15 is 0 Å². The number of nitrogens with zero attached hydrogens (tertiary/aromatic N) is 2. The minimum absolute atomic E-state index is 0.283. The van der Waals surface area contributed by atoms with Crippen molar-refractivity contribution in [1.29, 1.82) is 5.26 Å². The molecule has 4 nitrogen and oxygen atoms in total. The van der Waals surface area contributed by atoms with Crippen molar-refractivity contribution in [3.8, 4) is 11.8 Å². The van der Waals surface area contributed by atoms with Crippen LogP contribution in [0.25, 0.3) is 22.7 Å². The highest BCUT2D eigenvalue weighted by Gasteiger charge is 2.14. The summed E-state index contributed by atoms with van der Waals surface area (Å²) in [6, 6.07) is 15.6. The second-order valence-corrected chi connectivity index (χ2v) is 4.90. The molecule has 2 aromatic carbocycles. The van der Waals surface area contributed by atoms with Crippen molar-refractivity contribution >= 4 is 22.9 Å². The molecule has 0 aliphatic heterocycles. The maximum atomic E-state index is 14.3. The lowest BCUT2D eigenvalue weighted by molar-refractivity contribution is -0.132. The number of para-hydroxylation sites is 1. The van der Waals surface area contributed by atoms with Gasteiger partial charge in [-0.15, -0.1) is 0 Å². The fourth-order valence-corrected chi connectivity index (χ4v) is 2.48. The van der Waals surface area contributed by atoms with Gasteiger partial charge in [-0.2, -0.15) is 5.26 Å². The molecule has 3 rings (SSSR count). The van der Waals surface area contributed by atoms with Crippen LogP contribution in [0.1, 0.15) is 5.56 Å². The summed E-state index contributed by atoms with van der Waals surface area (Å²) in [5.41, 5.74) is 1.32. The maximum Gasteiger partial charge on any atom is 0.346 e. The topological polar surface area (TPSA) is 66.0 Å². The van der Waals surface area contributed by atoms with Gasteiger partial charge in [-0.1, -0.05) is 24.3 Å². The Kier molecular flexibility index (Phi) is 3.65. The number of fused-ring (bicyclic) bond motifs is 1. The van der Waals surface area contributed by atoms with Gasteiger partial charge in [0.1, 0.15) is 17.5 Å². The van der Waals surface area contributed by atoms with Crippen LogP contribution in [-0.4, -0.2) is 15.6 Å². The quantitative estimate of drug-likeness (QED) is 0.592. The van der Waals surface area contributed by atoms with E-state index in [9.17, 15) is 9.18 Å². The van der Waals surface area contributed by atoms with Crippen LogP contribution in [0.2, 0.25) is 0 Å². The Bertz CT molecular complexity index is 966. The summed E-state index contributed by atoms with van der Waals surface area (Å²) in [6.45, 7) is 0. The van der Waals surface area contributed by atoms with E-state index in [-0.39, 0.29) is 5.39 Å². The predicted molar refractivity (Wildman–Crippen MR) is 84.5 cm³/mol. The van der Waals surface area contributed by atoms with Gasteiger partial charge in [-0.05, 0) is 30.3 Å². The van der Waals surface area contributed by atoms with Crippen molar-refractivity contribution in [2.24, 2.45) is 0 Å². The number of nitriles is 1. The highest BCUT2D eigenvalue weighted by atomic mass is 19.1. The van der Waals surface area contributed by atoms with Gasteiger partial charge in [0.2, 0.25) is 0 Å². The Hall–Kier alpha value is -3.39. The minimum atomic E-state index is -1.34. The molecule has 0 saturated heterocycles. The van der Waals surface area contributed by atoms with Gasteiger partial charge >= 0.3 is 5.97 Å². The van der Waals surface area contributed by atoms with Crippen molar-refractivity contribution in [3.63, 3.8) is 0 Å². The van der Waals surface area contributed by atoms with Crippen molar-refractivity contribution < 1.29 is 14.3 Å². The summed E-state index contributed by atoms with van der Waals surface area (Å²) in [7, 11) is 0. The fourth-order valence-electron chi connectivity index (χ4n) is 2.48. The second-order valence-electron chi connectivity index (χ2n) is 4.90. The zero-order valence-electron chi connectivity index (χ0n) is 11.9. The third-order valence-electron chi connectivity index (χ3n) is 3.49. The van der Waals surface area contributed by atoms with E-state index in [2.05, 4.69) is 0 Å². The standard InChI is InChI=1S/C18H11FN2O2/c19-15-7-4-8-16-17(15)13(9-12(10-20)18(22)23)11-21(16)14-5-2-1-3-6-14/h1-9,11H,(H,22,23)/b12-9+. The van der Waals surface area contributed by atoms with Crippen LogP contribution in [-0.2, 0) is 4.79 Å². The molecular weight excluding hydrogens is 295 g/mol. The van der Waals surface area contributed by atoms with Gasteiger partial charge < -0.3 is 9.67 Å². The van der Waals surface area contributed by atoms with Crippen molar-refractivity contribution in [3.05, 3.63) is 71.7 Å². The third kappa shape index (κ3) is 2.58. The van der Waals surface area contributed by atoms with E-state index in [1.54, 1.807) is 29.0 Å². The van der Waals surface area contributed by atoms with Gasteiger partial charge in [0.05, 0.1) is 5.52 Å². The summed E-state index contributed by atoms with van der Waals surface area (Å²) in [4.78, 5) is 11.0. The first kappa shape index (κ1) is 14.5. The van der Waals surface area contributed by atoms with E-state index < -0.39 is 17.4 Å². The van der Waals surface area contributed by atoms with E-state index in [4.69, 9.17) is 10.4 Å². The lowest BCUT2D eigenvalue weighted by Crippen LogP contribution is -1.97. The van der Waals surface area contributed by atoms with E-state index in [0.29, 0.717) is 11.1 Å². The molecule has 0 aliphatic carbocycles. The van der Waals surface area contributed by atoms with Crippen molar-refractivity contribution in [2.45, 2.75) is 0 Å². The number of halogens is 1. The lowest BCUT2D eigenvalue weighted by Gasteiger charge is -2.04. The largest absolute Gasteiger partial charge is 0.477 e. The van der Waals surface area contributed by atoms with Crippen LogP contribution in [0.5, 0.6) is 0 Å². The van der Waals surface area contributed by atoms with Crippen LogP contribution in [0.4, 0.5) is 4.39 Å². The molecule has 0 fully saturated rings. The van der Waals surface area contributed by atoms with Gasteiger partial charge in [0.25, 0.3) is 0 Å². The zero-order valence-corrected chi connectivity index (χ0v) is 11.9. The molecular formula is C18H11FN2O2. The Morgan fingerprint density at radius 3 is 2.57 bits per heavy atom. The number of aromatic nitrogens is 1. The van der Waals surface area contributed by atoms with Crippen LogP contribution in [0, 0.1) is 17.1 Å². The Morgan fingerprint density at radius 2 is 1.91 bits per heavy atom. The highest BCUT2D eigenvalue weighted by Crippen LogP contribution is 2.28. The smallest absolute Gasteiger partial charge is 0.346 e. The molecule has 1 aromatic heterocycles.